The van der Waals surface area contributed by atoms with Crippen LogP contribution < -0.4 is 16.5 Å². The van der Waals surface area contributed by atoms with Gasteiger partial charge in [0, 0.05) is 12.6 Å². The lowest BCUT2D eigenvalue weighted by Crippen LogP contribution is -2.42. The van der Waals surface area contributed by atoms with Crippen molar-refractivity contribution in [3.05, 3.63) is 58.4 Å². The second-order valence-corrected chi connectivity index (χ2v) is 4.56. The highest BCUT2D eigenvalue weighted by Crippen LogP contribution is 2.02. The van der Waals surface area contributed by atoms with Crippen LogP contribution in [0.25, 0.3) is 5.65 Å². The molecule has 2 heterocycles. The summed E-state index contributed by atoms with van der Waals surface area (Å²) in [6, 6.07) is 8.37. The molecule has 2 N–H and O–H groups in total. The zero-order valence-corrected chi connectivity index (χ0v) is 11.9. The highest BCUT2D eigenvalue weighted by Gasteiger charge is 2.17. The number of carbonyl (C=O) groups excluding carboxylic acids is 2. The summed E-state index contributed by atoms with van der Waals surface area (Å²) in [6.07, 6.45) is 1.17. The van der Waals surface area contributed by atoms with Crippen molar-refractivity contribution in [3.63, 3.8) is 0 Å². The Kier molecular flexibility index (Phi) is 3.55. The number of carbonyl (C=O) groups is 2. The van der Waals surface area contributed by atoms with E-state index in [1.165, 1.54) is 13.4 Å². The number of rotatable bonds is 2. The Balaban J connectivity index is 1.78. The molecule has 116 valence electrons. The van der Waals surface area contributed by atoms with Gasteiger partial charge in [-0.05, 0) is 12.1 Å². The Morgan fingerprint density at radius 2 is 1.78 bits per heavy atom. The molecule has 0 unspecified atom stereocenters. The molecular weight excluding hydrogens is 302 g/mol. The molecule has 0 bridgehead atoms. The van der Waals surface area contributed by atoms with Crippen molar-refractivity contribution in [1.82, 2.24) is 35.2 Å². The number of aryl methyl sites for hydroxylation is 1. The first kappa shape index (κ1) is 14.4. The molecule has 0 fully saturated rings. The fraction of sp³-hybridized carbons (Fsp3) is 0.0769. The normalized spacial score (nSPS) is 10.5. The van der Waals surface area contributed by atoms with Gasteiger partial charge >= 0.3 is 5.69 Å². The van der Waals surface area contributed by atoms with Gasteiger partial charge < -0.3 is 0 Å². The lowest BCUT2D eigenvalue weighted by Gasteiger charge is -2.05. The molecule has 3 rings (SSSR count). The zero-order chi connectivity index (χ0) is 16.4. The molecule has 0 radical (unpaired) electrons. The number of fused-ring (bicyclic) bond motifs is 1. The van der Waals surface area contributed by atoms with E-state index in [1.54, 1.807) is 30.3 Å². The highest BCUT2D eigenvalue weighted by molar-refractivity contribution is 6.00. The molecular formula is C13H11N7O3. The first-order chi connectivity index (χ1) is 11.1. The number of amides is 2. The van der Waals surface area contributed by atoms with Crippen molar-refractivity contribution in [2.24, 2.45) is 7.05 Å². The fourth-order valence-corrected chi connectivity index (χ4v) is 1.88. The third kappa shape index (κ3) is 2.64. The maximum absolute atomic E-state index is 12.1. The number of aromatic nitrogens is 5. The number of hydrazine groups is 1. The minimum absolute atomic E-state index is 0.000407. The summed E-state index contributed by atoms with van der Waals surface area (Å²) in [5.41, 5.74) is 4.25. The van der Waals surface area contributed by atoms with E-state index in [9.17, 15) is 14.4 Å². The van der Waals surface area contributed by atoms with E-state index < -0.39 is 17.5 Å². The van der Waals surface area contributed by atoms with Crippen LogP contribution in [-0.4, -0.2) is 36.2 Å². The van der Waals surface area contributed by atoms with Crippen molar-refractivity contribution in [2.75, 3.05) is 0 Å². The molecule has 2 amide bonds. The molecule has 0 saturated heterocycles. The third-order valence-electron chi connectivity index (χ3n) is 3.04. The van der Waals surface area contributed by atoms with Crippen LogP contribution in [0.2, 0.25) is 0 Å². The van der Waals surface area contributed by atoms with E-state index in [0.717, 1.165) is 9.08 Å². The maximum Gasteiger partial charge on any atom is 0.352 e. The number of imidazole rings is 1. The Hall–Kier alpha value is -3.56. The average molecular weight is 313 g/mol. The van der Waals surface area contributed by atoms with Gasteiger partial charge in [0.25, 0.3) is 11.8 Å². The lowest BCUT2D eigenvalue weighted by molar-refractivity contribution is 0.0845. The van der Waals surface area contributed by atoms with E-state index in [-0.39, 0.29) is 11.3 Å². The topological polar surface area (TPSA) is 123 Å². The van der Waals surface area contributed by atoms with Crippen molar-refractivity contribution in [1.29, 1.82) is 0 Å². The summed E-state index contributed by atoms with van der Waals surface area (Å²) in [4.78, 5) is 39.6. The Morgan fingerprint density at radius 1 is 1.09 bits per heavy atom. The number of hydrogen-bond acceptors (Lipinski definition) is 6. The van der Waals surface area contributed by atoms with E-state index in [0.29, 0.717) is 5.56 Å². The molecule has 3 aromatic rings. The minimum atomic E-state index is -0.709. The van der Waals surface area contributed by atoms with E-state index >= 15 is 0 Å². The Bertz CT molecular complexity index is 945. The van der Waals surface area contributed by atoms with E-state index in [2.05, 4.69) is 26.1 Å². The summed E-state index contributed by atoms with van der Waals surface area (Å²) < 4.78 is 2.09. The second kappa shape index (κ2) is 5.67. The molecule has 23 heavy (non-hydrogen) atoms. The SMILES string of the molecule is Cn1nnc2c(C(=O)NNC(=O)c3ccccc3)ncn2c1=O. The summed E-state index contributed by atoms with van der Waals surface area (Å²) in [6.45, 7) is 0. The molecule has 0 spiro atoms. The van der Waals surface area contributed by atoms with E-state index in [1.807, 2.05) is 0 Å². The van der Waals surface area contributed by atoms with Gasteiger partial charge in [0.2, 0.25) is 0 Å². The molecule has 2 aromatic heterocycles. The van der Waals surface area contributed by atoms with Crippen molar-refractivity contribution < 1.29 is 9.59 Å². The smallest absolute Gasteiger partial charge is 0.267 e. The summed E-state index contributed by atoms with van der Waals surface area (Å²) >= 11 is 0. The number of nitrogens with zero attached hydrogens (tertiary/aromatic N) is 5. The standard InChI is InChI=1S/C13H11N7O3/c1-19-13(23)20-7-14-9(10(20)15-18-19)12(22)17-16-11(21)8-5-3-2-4-6-8/h2-7H,1H3,(H,16,21)(H,17,22). The molecule has 0 aliphatic rings. The van der Waals surface area contributed by atoms with Crippen LogP contribution in [-0.2, 0) is 7.05 Å². The maximum atomic E-state index is 12.1. The molecule has 0 atom stereocenters. The summed E-state index contributed by atoms with van der Waals surface area (Å²) in [7, 11) is 1.43. The average Bonchev–Trinajstić information content (AvgIpc) is 3.01. The fourth-order valence-electron chi connectivity index (χ4n) is 1.88. The van der Waals surface area contributed by atoms with Crippen LogP contribution in [0.1, 0.15) is 20.8 Å². The molecule has 0 saturated carbocycles. The van der Waals surface area contributed by atoms with Crippen LogP contribution >= 0.6 is 0 Å². The van der Waals surface area contributed by atoms with Crippen molar-refractivity contribution in [2.45, 2.75) is 0 Å². The lowest BCUT2D eigenvalue weighted by atomic mass is 10.2. The first-order valence-corrected chi connectivity index (χ1v) is 6.50. The first-order valence-electron chi connectivity index (χ1n) is 6.50. The Morgan fingerprint density at radius 3 is 2.52 bits per heavy atom. The van der Waals surface area contributed by atoms with Crippen LogP contribution in [0.15, 0.2) is 41.5 Å². The number of nitrogens with one attached hydrogen (secondary N) is 2. The summed E-state index contributed by atoms with van der Waals surface area (Å²) in [5, 5.41) is 7.34. The van der Waals surface area contributed by atoms with Gasteiger partial charge in [0.1, 0.15) is 6.33 Å². The van der Waals surface area contributed by atoms with E-state index in [4.69, 9.17) is 0 Å². The molecule has 10 heteroatoms. The minimum Gasteiger partial charge on any atom is -0.267 e. The zero-order valence-electron chi connectivity index (χ0n) is 11.9. The van der Waals surface area contributed by atoms with Crippen LogP contribution in [0.4, 0.5) is 0 Å². The van der Waals surface area contributed by atoms with Gasteiger partial charge in [-0.1, -0.05) is 23.4 Å². The largest absolute Gasteiger partial charge is 0.352 e. The predicted octanol–water partition coefficient (Wildman–Crippen LogP) is -1.10. The van der Waals surface area contributed by atoms with Crippen LogP contribution in [0.3, 0.4) is 0 Å². The number of benzene rings is 1. The van der Waals surface area contributed by atoms with Crippen molar-refractivity contribution in [3.8, 4) is 0 Å². The third-order valence-corrected chi connectivity index (χ3v) is 3.04. The highest BCUT2D eigenvalue weighted by atomic mass is 16.2. The van der Waals surface area contributed by atoms with Gasteiger partial charge in [-0.2, -0.15) is 4.68 Å². The van der Waals surface area contributed by atoms with Gasteiger partial charge in [0.05, 0.1) is 0 Å². The van der Waals surface area contributed by atoms with Gasteiger partial charge in [-0.25, -0.2) is 14.2 Å². The second-order valence-electron chi connectivity index (χ2n) is 4.56. The van der Waals surface area contributed by atoms with Gasteiger partial charge in [-0.15, -0.1) is 5.10 Å². The Labute approximate surface area is 128 Å². The number of hydrogen-bond donors (Lipinski definition) is 2. The molecule has 0 aliphatic heterocycles. The summed E-state index contributed by atoms with van der Waals surface area (Å²) in [5.74, 6) is -1.19. The van der Waals surface area contributed by atoms with Gasteiger partial charge in [0.15, 0.2) is 11.3 Å². The van der Waals surface area contributed by atoms with Crippen molar-refractivity contribution >= 4 is 17.5 Å². The predicted molar refractivity (Wildman–Crippen MR) is 77.4 cm³/mol. The monoisotopic (exact) mass is 313 g/mol. The van der Waals surface area contributed by atoms with Crippen LogP contribution in [0.5, 0.6) is 0 Å². The van der Waals surface area contributed by atoms with Gasteiger partial charge in [-0.3, -0.25) is 20.4 Å². The molecule has 1 aromatic carbocycles. The molecule has 0 aliphatic carbocycles. The quantitative estimate of drug-likeness (QED) is 0.579. The van der Waals surface area contributed by atoms with Crippen LogP contribution in [0, 0.1) is 0 Å². The molecule has 10 nitrogen and oxygen atoms in total.